The van der Waals surface area contributed by atoms with E-state index in [9.17, 15) is 8.42 Å². The van der Waals surface area contributed by atoms with Crippen LogP contribution in [0.2, 0.25) is 0 Å². The van der Waals surface area contributed by atoms with Gasteiger partial charge in [-0.1, -0.05) is 0 Å². The average molecular weight is 274 g/mol. The van der Waals surface area contributed by atoms with Crippen LogP contribution in [-0.4, -0.2) is 36.7 Å². The number of sulfonamides is 1. The number of nitrogens with zero attached hydrogens (tertiary/aromatic N) is 2. The van der Waals surface area contributed by atoms with Gasteiger partial charge >= 0.3 is 0 Å². The first-order chi connectivity index (χ1) is 8.50. The third kappa shape index (κ3) is 3.21. The van der Waals surface area contributed by atoms with Crippen LogP contribution in [0.1, 0.15) is 18.4 Å². The number of hydrogen-bond donors (Lipinski definition) is 2. The normalized spacial score (nSPS) is 20.2. The van der Waals surface area contributed by atoms with Gasteiger partial charge in [-0.15, -0.1) is 0 Å². The molecule has 1 atom stereocenters. The fourth-order valence-electron chi connectivity index (χ4n) is 1.98. The Bertz CT molecular complexity index is 505. The van der Waals surface area contributed by atoms with Gasteiger partial charge in [0.2, 0.25) is 10.0 Å². The van der Waals surface area contributed by atoms with Gasteiger partial charge in [-0.3, -0.25) is 9.40 Å². The van der Waals surface area contributed by atoms with Gasteiger partial charge in [-0.05, 0) is 12.8 Å². The standard InChI is InChI=1S/C10H18N4O3S/c1-14-6-8(5-11)10(12-14)13-18(15,16)7-9-3-2-4-17-9/h6,9H,2-5,7,11H2,1H3,(H,12,13). The number of rotatable bonds is 5. The summed E-state index contributed by atoms with van der Waals surface area (Å²) in [5.41, 5.74) is 6.21. The molecule has 1 unspecified atom stereocenters. The van der Waals surface area contributed by atoms with Crippen molar-refractivity contribution in [3.8, 4) is 0 Å². The summed E-state index contributed by atoms with van der Waals surface area (Å²) in [5, 5.41) is 4.05. The maximum atomic E-state index is 12.0. The smallest absolute Gasteiger partial charge is 0.236 e. The molecule has 1 aromatic rings. The molecule has 102 valence electrons. The van der Waals surface area contributed by atoms with Gasteiger partial charge in [0, 0.05) is 32.0 Å². The van der Waals surface area contributed by atoms with Gasteiger partial charge in [-0.2, -0.15) is 5.10 Å². The average Bonchev–Trinajstić information content (AvgIpc) is 2.87. The van der Waals surface area contributed by atoms with Crippen LogP contribution in [0.5, 0.6) is 0 Å². The van der Waals surface area contributed by atoms with Crippen LogP contribution in [0.15, 0.2) is 6.20 Å². The lowest BCUT2D eigenvalue weighted by Crippen LogP contribution is -2.26. The van der Waals surface area contributed by atoms with Crippen LogP contribution in [0.25, 0.3) is 0 Å². The van der Waals surface area contributed by atoms with E-state index in [1.54, 1.807) is 13.2 Å². The summed E-state index contributed by atoms with van der Waals surface area (Å²) in [7, 11) is -1.72. The minimum Gasteiger partial charge on any atom is -0.377 e. The molecule has 1 saturated heterocycles. The molecule has 1 aliphatic rings. The topological polar surface area (TPSA) is 99.2 Å². The fourth-order valence-corrected chi connectivity index (χ4v) is 3.28. The summed E-state index contributed by atoms with van der Waals surface area (Å²) in [4.78, 5) is 0. The molecule has 0 radical (unpaired) electrons. The zero-order valence-corrected chi connectivity index (χ0v) is 11.1. The van der Waals surface area contributed by atoms with Crippen molar-refractivity contribution in [2.45, 2.75) is 25.5 Å². The zero-order chi connectivity index (χ0) is 13.2. The van der Waals surface area contributed by atoms with Crippen LogP contribution in [-0.2, 0) is 28.4 Å². The molecule has 0 bridgehead atoms. The van der Waals surface area contributed by atoms with Crippen molar-refractivity contribution < 1.29 is 13.2 Å². The third-order valence-electron chi connectivity index (χ3n) is 2.81. The Kier molecular flexibility index (Phi) is 3.88. The highest BCUT2D eigenvalue weighted by atomic mass is 32.2. The van der Waals surface area contributed by atoms with E-state index in [0.717, 1.165) is 12.8 Å². The molecule has 0 aromatic carbocycles. The molecule has 0 aliphatic carbocycles. The molecule has 0 spiro atoms. The predicted octanol–water partition coefficient (Wildman–Crippen LogP) is -0.200. The van der Waals surface area contributed by atoms with Crippen molar-refractivity contribution in [1.82, 2.24) is 9.78 Å². The minimum atomic E-state index is -3.44. The lowest BCUT2D eigenvalue weighted by molar-refractivity contribution is 0.127. The summed E-state index contributed by atoms with van der Waals surface area (Å²) in [5.74, 6) is 0.270. The van der Waals surface area contributed by atoms with E-state index in [0.29, 0.717) is 18.0 Å². The highest BCUT2D eigenvalue weighted by Crippen LogP contribution is 2.17. The third-order valence-corrected chi connectivity index (χ3v) is 4.12. The van der Waals surface area contributed by atoms with E-state index < -0.39 is 10.0 Å². The van der Waals surface area contributed by atoms with Crippen LogP contribution in [0, 0.1) is 0 Å². The predicted molar refractivity (Wildman–Crippen MR) is 67.5 cm³/mol. The van der Waals surface area contributed by atoms with Crippen molar-refractivity contribution in [1.29, 1.82) is 0 Å². The van der Waals surface area contributed by atoms with Gasteiger partial charge in [0.25, 0.3) is 0 Å². The fraction of sp³-hybridized carbons (Fsp3) is 0.700. The van der Waals surface area contributed by atoms with Gasteiger partial charge in [0.1, 0.15) is 0 Å². The minimum absolute atomic E-state index is 0.0341. The Labute approximate surface area is 106 Å². The summed E-state index contributed by atoms with van der Waals surface area (Å²) >= 11 is 0. The molecule has 1 fully saturated rings. The molecule has 3 N–H and O–H groups in total. The maximum absolute atomic E-state index is 12.0. The zero-order valence-electron chi connectivity index (χ0n) is 10.3. The second kappa shape index (κ2) is 5.25. The quantitative estimate of drug-likeness (QED) is 0.774. The van der Waals surface area contributed by atoms with Gasteiger partial charge < -0.3 is 10.5 Å². The van der Waals surface area contributed by atoms with Crippen molar-refractivity contribution in [3.63, 3.8) is 0 Å². The Balaban J connectivity index is 2.06. The molecule has 1 aromatic heterocycles. The maximum Gasteiger partial charge on any atom is 0.236 e. The van der Waals surface area contributed by atoms with Crippen molar-refractivity contribution in [2.75, 3.05) is 17.1 Å². The summed E-state index contributed by atoms with van der Waals surface area (Å²) < 4.78 is 33.2. The van der Waals surface area contributed by atoms with Crippen molar-refractivity contribution >= 4 is 15.8 Å². The largest absolute Gasteiger partial charge is 0.377 e. The number of aryl methyl sites for hydroxylation is 1. The SMILES string of the molecule is Cn1cc(CN)c(NS(=O)(=O)CC2CCCO2)n1. The molecule has 2 heterocycles. The van der Waals surface area contributed by atoms with Crippen LogP contribution in [0.3, 0.4) is 0 Å². The van der Waals surface area contributed by atoms with E-state index >= 15 is 0 Å². The summed E-state index contributed by atoms with van der Waals surface area (Å²) in [6, 6.07) is 0. The number of aromatic nitrogens is 2. The lowest BCUT2D eigenvalue weighted by Gasteiger charge is -2.11. The number of anilines is 1. The van der Waals surface area contributed by atoms with E-state index in [1.807, 2.05) is 0 Å². The lowest BCUT2D eigenvalue weighted by atomic mass is 10.3. The highest BCUT2D eigenvalue weighted by molar-refractivity contribution is 7.92. The van der Waals surface area contributed by atoms with Gasteiger partial charge in [0.15, 0.2) is 5.82 Å². The Morgan fingerprint density at radius 2 is 2.44 bits per heavy atom. The second-order valence-corrected chi connectivity index (χ2v) is 6.17. The number of ether oxygens (including phenoxy) is 1. The second-order valence-electron chi connectivity index (χ2n) is 4.40. The molecule has 0 amide bonds. The molecular weight excluding hydrogens is 256 g/mol. The van der Waals surface area contributed by atoms with E-state index in [1.165, 1.54) is 4.68 Å². The molecule has 18 heavy (non-hydrogen) atoms. The Hall–Kier alpha value is -1.12. The van der Waals surface area contributed by atoms with Gasteiger partial charge in [-0.25, -0.2) is 8.42 Å². The van der Waals surface area contributed by atoms with Gasteiger partial charge in [0.05, 0.1) is 11.9 Å². The summed E-state index contributed by atoms with van der Waals surface area (Å²) in [6.07, 6.45) is 3.18. The molecule has 7 nitrogen and oxygen atoms in total. The monoisotopic (exact) mass is 274 g/mol. The first kappa shape index (κ1) is 13.3. The Morgan fingerprint density at radius 3 is 3.06 bits per heavy atom. The first-order valence-corrected chi connectivity index (χ1v) is 7.50. The molecule has 2 rings (SSSR count). The molecule has 1 aliphatic heterocycles. The van der Waals surface area contributed by atoms with E-state index in [4.69, 9.17) is 10.5 Å². The van der Waals surface area contributed by atoms with E-state index in [-0.39, 0.29) is 18.4 Å². The van der Waals surface area contributed by atoms with Crippen molar-refractivity contribution in [3.05, 3.63) is 11.8 Å². The van der Waals surface area contributed by atoms with E-state index in [2.05, 4.69) is 9.82 Å². The van der Waals surface area contributed by atoms with Crippen LogP contribution >= 0.6 is 0 Å². The molecule has 0 saturated carbocycles. The summed E-state index contributed by atoms with van der Waals surface area (Å²) in [6.45, 7) is 0.878. The van der Waals surface area contributed by atoms with Crippen molar-refractivity contribution in [2.24, 2.45) is 12.8 Å². The van der Waals surface area contributed by atoms with Crippen LogP contribution < -0.4 is 10.5 Å². The Morgan fingerprint density at radius 1 is 1.67 bits per heavy atom. The number of nitrogens with two attached hydrogens (primary N) is 1. The molecular formula is C10H18N4O3S. The highest BCUT2D eigenvalue weighted by Gasteiger charge is 2.24. The number of hydrogen-bond acceptors (Lipinski definition) is 5. The first-order valence-electron chi connectivity index (χ1n) is 5.85. The number of nitrogens with one attached hydrogen (secondary N) is 1. The van der Waals surface area contributed by atoms with Crippen LogP contribution in [0.4, 0.5) is 5.82 Å². The molecule has 8 heteroatoms.